The standard InChI is InChI=1S/C24H17F3N4O3S/c25-24(26,27)15-4-1-3-14(11-15)21(33)28-16-5-2-6-17(12-16)34-19-10-9-18-22(30-19)35-23(29-18)31-20(32)13-7-8-13/h1-6,9-13H,7-8H2,(H,28,33)(H,29,31,32). The first-order chi connectivity index (χ1) is 16.7. The lowest BCUT2D eigenvalue weighted by Gasteiger charge is -2.10. The third-order valence-electron chi connectivity index (χ3n) is 5.17. The summed E-state index contributed by atoms with van der Waals surface area (Å²) in [5, 5.41) is 5.84. The topological polar surface area (TPSA) is 93.2 Å². The maximum Gasteiger partial charge on any atom is 0.416 e. The maximum absolute atomic E-state index is 12.9. The van der Waals surface area contributed by atoms with Gasteiger partial charge in [-0.15, -0.1) is 0 Å². The molecule has 0 atom stereocenters. The van der Waals surface area contributed by atoms with Crippen molar-refractivity contribution in [2.75, 3.05) is 10.6 Å². The lowest BCUT2D eigenvalue weighted by Crippen LogP contribution is -2.13. The molecule has 2 heterocycles. The molecule has 0 unspecified atom stereocenters. The van der Waals surface area contributed by atoms with E-state index in [2.05, 4.69) is 20.6 Å². The third kappa shape index (κ3) is 5.40. The first kappa shape index (κ1) is 22.8. The van der Waals surface area contributed by atoms with E-state index in [0.717, 1.165) is 25.0 Å². The van der Waals surface area contributed by atoms with Gasteiger partial charge in [-0.3, -0.25) is 9.59 Å². The number of rotatable bonds is 6. The molecular weight excluding hydrogens is 481 g/mol. The minimum Gasteiger partial charge on any atom is -0.439 e. The summed E-state index contributed by atoms with van der Waals surface area (Å²) >= 11 is 1.24. The van der Waals surface area contributed by atoms with Crippen LogP contribution in [0.4, 0.5) is 24.0 Å². The fraction of sp³-hybridized carbons (Fsp3) is 0.167. The van der Waals surface area contributed by atoms with Gasteiger partial charge in [0.05, 0.1) is 5.56 Å². The number of halogens is 3. The molecule has 2 aromatic carbocycles. The van der Waals surface area contributed by atoms with E-state index >= 15 is 0 Å². The summed E-state index contributed by atoms with van der Waals surface area (Å²) in [5.41, 5.74) is -0.0560. The number of amides is 2. The smallest absolute Gasteiger partial charge is 0.416 e. The van der Waals surface area contributed by atoms with Crippen LogP contribution in [-0.2, 0) is 11.0 Å². The second-order valence-corrected chi connectivity index (χ2v) is 8.90. The number of anilines is 2. The molecule has 35 heavy (non-hydrogen) atoms. The molecule has 0 saturated heterocycles. The fourth-order valence-electron chi connectivity index (χ4n) is 3.26. The van der Waals surface area contributed by atoms with Gasteiger partial charge < -0.3 is 15.4 Å². The van der Waals surface area contributed by atoms with E-state index in [1.54, 1.807) is 30.3 Å². The number of pyridine rings is 1. The number of fused-ring (bicyclic) bond motifs is 1. The molecular formula is C24H17F3N4O3S. The Kier molecular flexibility index (Phi) is 5.85. The number of aromatic nitrogens is 2. The third-order valence-corrected chi connectivity index (χ3v) is 6.06. The number of ether oxygens (including phenoxy) is 1. The van der Waals surface area contributed by atoms with Crippen molar-refractivity contribution >= 4 is 44.3 Å². The lowest BCUT2D eigenvalue weighted by atomic mass is 10.1. The van der Waals surface area contributed by atoms with Crippen molar-refractivity contribution in [3.8, 4) is 11.6 Å². The SMILES string of the molecule is O=C(Nc1cccc(Oc2ccc3nc(NC(=O)C4CC4)sc3n2)c1)c1cccc(C(F)(F)F)c1. The summed E-state index contributed by atoms with van der Waals surface area (Å²) in [6.45, 7) is 0. The van der Waals surface area contributed by atoms with Crippen molar-refractivity contribution in [2.24, 2.45) is 5.92 Å². The second kappa shape index (κ2) is 8.99. The summed E-state index contributed by atoms with van der Waals surface area (Å²) in [7, 11) is 0. The number of nitrogens with one attached hydrogen (secondary N) is 2. The van der Waals surface area contributed by atoms with Crippen molar-refractivity contribution in [3.05, 3.63) is 71.8 Å². The van der Waals surface area contributed by atoms with E-state index in [-0.39, 0.29) is 23.3 Å². The highest BCUT2D eigenvalue weighted by molar-refractivity contribution is 7.21. The molecule has 11 heteroatoms. The number of alkyl halides is 3. The number of benzene rings is 2. The Morgan fingerprint density at radius 2 is 1.77 bits per heavy atom. The first-order valence-corrected chi connectivity index (χ1v) is 11.4. The molecule has 178 valence electrons. The summed E-state index contributed by atoms with van der Waals surface area (Å²) < 4.78 is 44.6. The van der Waals surface area contributed by atoms with E-state index in [4.69, 9.17) is 4.74 Å². The van der Waals surface area contributed by atoms with Crippen LogP contribution in [0, 0.1) is 5.92 Å². The van der Waals surface area contributed by atoms with Gasteiger partial charge in [-0.25, -0.2) is 9.97 Å². The Balaban J connectivity index is 1.28. The van der Waals surface area contributed by atoms with Crippen LogP contribution in [-0.4, -0.2) is 21.8 Å². The number of carbonyl (C=O) groups excluding carboxylic acids is 2. The quantitative estimate of drug-likeness (QED) is 0.335. The molecule has 2 N–H and O–H groups in total. The molecule has 2 amide bonds. The predicted octanol–water partition coefficient (Wildman–Crippen LogP) is 6.10. The summed E-state index contributed by atoms with van der Waals surface area (Å²) in [4.78, 5) is 33.8. The average molecular weight is 498 g/mol. The Bertz CT molecular complexity index is 1430. The van der Waals surface area contributed by atoms with Crippen molar-refractivity contribution < 1.29 is 27.5 Å². The zero-order chi connectivity index (χ0) is 24.6. The number of hydrogen-bond acceptors (Lipinski definition) is 6. The molecule has 0 bridgehead atoms. The van der Waals surface area contributed by atoms with Crippen molar-refractivity contribution in [1.29, 1.82) is 0 Å². The largest absolute Gasteiger partial charge is 0.439 e. The first-order valence-electron chi connectivity index (χ1n) is 10.6. The highest BCUT2D eigenvalue weighted by atomic mass is 32.1. The van der Waals surface area contributed by atoms with Gasteiger partial charge in [0, 0.05) is 29.3 Å². The van der Waals surface area contributed by atoms with E-state index in [0.29, 0.717) is 26.9 Å². The second-order valence-electron chi connectivity index (χ2n) is 7.92. The van der Waals surface area contributed by atoms with E-state index in [1.807, 2.05) is 0 Å². The van der Waals surface area contributed by atoms with Crippen LogP contribution in [0.2, 0.25) is 0 Å². The normalized spacial score (nSPS) is 13.5. The Morgan fingerprint density at radius 3 is 2.54 bits per heavy atom. The molecule has 7 nitrogen and oxygen atoms in total. The molecule has 4 aromatic rings. The van der Waals surface area contributed by atoms with Gasteiger partial charge in [0.2, 0.25) is 11.8 Å². The van der Waals surface area contributed by atoms with Crippen LogP contribution in [0.15, 0.2) is 60.7 Å². The highest BCUT2D eigenvalue weighted by Gasteiger charge is 2.31. The molecule has 1 saturated carbocycles. The van der Waals surface area contributed by atoms with Gasteiger partial charge in [0.25, 0.3) is 5.91 Å². The van der Waals surface area contributed by atoms with Gasteiger partial charge in [0.1, 0.15) is 16.1 Å². The van der Waals surface area contributed by atoms with E-state index < -0.39 is 17.6 Å². The van der Waals surface area contributed by atoms with Crippen molar-refractivity contribution in [1.82, 2.24) is 9.97 Å². The minimum atomic E-state index is -4.54. The minimum absolute atomic E-state index is 0.0375. The van der Waals surface area contributed by atoms with Crippen molar-refractivity contribution in [2.45, 2.75) is 19.0 Å². The average Bonchev–Trinajstić information content (AvgIpc) is 3.60. The van der Waals surface area contributed by atoms with Gasteiger partial charge >= 0.3 is 6.18 Å². The molecule has 1 fully saturated rings. The predicted molar refractivity (Wildman–Crippen MR) is 125 cm³/mol. The Hall–Kier alpha value is -3.99. The van der Waals surface area contributed by atoms with Crippen LogP contribution in [0.5, 0.6) is 11.6 Å². The number of thiazole rings is 1. The molecule has 2 aromatic heterocycles. The molecule has 1 aliphatic carbocycles. The van der Waals surface area contributed by atoms with Gasteiger partial charge in [-0.1, -0.05) is 23.5 Å². The van der Waals surface area contributed by atoms with Crippen LogP contribution < -0.4 is 15.4 Å². The summed E-state index contributed by atoms with van der Waals surface area (Å²) in [6.07, 6.45) is -2.75. The van der Waals surface area contributed by atoms with Crippen LogP contribution in [0.3, 0.4) is 0 Å². The molecule has 0 aliphatic heterocycles. The molecule has 5 rings (SSSR count). The number of nitrogens with zero attached hydrogens (tertiary/aromatic N) is 2. The van der Waals surface area contributed by atoms with Gasteiger partial charge in [-0.2, -0.15) is 13.2 Å². The summed E-state index contributed by atoms with van der Waals surface area (Å²) in [6, 6.07) is 13.9. The highest BCUT2D eigenvalue weighted by Crippen LogP contribution is 2.33. The van der Waals surface area contributed by atoms with E-state index in [9.17, 15) is 22.8 Å². The lowest BCUT2D eigenvalue weighted by molar-refractivity contribution is -0.137. The Labute approximate surface area is 201 Å². The molecule has 0 radical (unpaired) electrons. The summed E-state index contributed by atoms with van der Waals surface area (Å²) in [5.74, 6) is -0.00833. The zero-order valence-corrected chi connectivity index (χ0v) is 18.7. The number of hydrogen-bond donors (Lipinski definition) is 2. The van der Waals surface area contributed by atoms with Gasteiger partial charge in [0.15, 0.2) is 5.13 Å². The monoisotopic (exact) mass is 498 g/mol. The fourth-order valence-corrected chi connectivity index (χ4v) is 4.09. The van der Waals surface area contributed by atoms with Crippen molar-refractivity contribution in [3.63, 3.8) is 0 Å². The van der Waals surface area contributed by atoms with E-state index in [1.165, 1.54) is 29.5 Å². The van der Waals surface area contributed by atoms with Crippen LogP contribution in [0.25, 0.3) is 10.3 Å². The molecule has 1 aliphatic rings. The number of carbonyl (C=O) groups is 2. The van der Waals surface area contributed by atoms with Crippen LogP contribution in [0.1, 0.15) is 28.8 Å². The van der Waals surface area contributed by atoms with Gasteiger partial charge in [-0.05, 0) is 49.2 Å². The van der Waals surface area contributed by atoms with Crippen LogP contribution >= 0.6 is 11.3 Å². The Morgan fingerprint density at radius 1 is 0.971 bits per heavy atom. The molecule has 0 spiro atoms. The maximum atomic E-state index is 12.9. The zero-order valence-electron chi connectivity index (χ0n) is 17.9.